The van der Waals surface area contributed by atoms with E-state index in [4.69, 9.17) is 4.74 Å². The fourth-order valence-corrected chi connectivity index (χ4v) is 3.45. The number of hydrogen-bond acceptors (Lipinski definition) is 4. The first-order valence-corrected chi connectivity index (χ1v) is 8.52. The second-order valence-electron chi connectivity index (χ2n) is 5.04. The molecule has 1 aliphatic heterocycles. The molecule has 1 aromatic heterocycles. The molecule has 5 nitrogen and oxygen atoms in total. The van der Waals surface area contributed by atoms with Crippen molar-refractivity contribution < 1.29 is 9.53 Å². The zero-order chi connectivity index (χ0) is 15.1. The van der Waals surface area contributed by atoms with Gasteiger partial charge in [-0.15, -0.1) is 11.3 Å². The van der Waals surface area contributed by atoms with E-state index in [9.17, 15) is 4.79 Å². The fourth-order valence-electron chi connectivity index (χ4n) is 2.59. The molecular formula is C15H25N3O2S. The van der Waals surface area contributed by atoms with E-state index < -0.39 is 0 Å². The number of amides is 2. The van der Waals surface area contributed by atoms with Gasteiger partial charge in [-0.1, -0.05) is 6.07 Å². The Hall–Kier alpha value is -1.11. The molecule has 21 heavy (non-hydrogen) atoms. The largest absolute Gasteiger partial charge is 0.379 e. The topological polar surface area (TPSA) is 44.8 Å². The highest BCUT2D eigenvalue weighted by Gasteiger charge is 2.24. The van der Waals surface area contributed by atoms with Crippen molar-refractivity contribution in [1.82, 2.24) is 15.1 Å². The Kier molecular flexibility index (Phi) is 6.48. The lowest BCUT2D eigenvalue weighted by Gasteiger charge is -2.34. The van der Waals surface area contributed by atoms with Crippen molar-refractivity contribution in [2.24, 2.45) is 0 Å². The molecule has 1 fully saturated rings. The van der Waals surface area contributed by atoms with Crippen LogP contribution < -0.4 is 5.32 Å². The second-order valence-corrected chi connectivity index (χ2v) is 6.02. The van der Waals surface area contributed by atoms with E-state index in [2.05, 4.69) is 27.7 Å². The van der Waals surface area contributed by atoms with Gasteiger partial charge in [0, 0.05) is 37.6 Å². The molecule has 1 aromatic rings. The standard InChI is InChI=1S/C15H25N3O2S/c1-3-17(4-2)15(19)16-12-13(14-6-5-11-21-14)18-7-9-20-10-8-18/h5-6,11,13H,3-4,7-10,12H2,1-2H3,(H,16,19)/t13-/m0/s1. The van der Waals surface area contributed by atoms with E-state index >= 15 is 0 Å². The number of ether oxygens (including phenoxy) is 1. The van der Waals surface area contributed by atoms with Crippen molar-refractivity contribution in [3.05, 3.63) is 22.4 Å². The van der Waals surface area contributed by atoms with Crippen LogP contribution in [0.3, 0.4) is 0 Å². The number of carbonyl (C=O) groups is 1. The maximum Gasteiger partial charge on any atom is 0.317 e. The number of nitrogens with zero attached hydrogens (tertiary/aromatic N) is 2. The second kappa shape index (κ2) is 8.36. The number of rotatable bonds is 6. The van der Waals surface area contributed by atoms with Crippen molar-refractivity contribution in [3.63, 3.8) is 0 Å². The first-order valence-electron chi connectivity index (χ1n) is 7.64. The van der Waals surface area contributed by atoms with Crippen LogP contribution in [0.15, 0.2) is 17.5 Å². The Morgan fingerprint density at radius 2 is 2.14 bits per heavy atom. The summed E-state index contributed by atoms with van der Waals surface area (Å²) < 4.78 is 5.43. The van der Waals surface area contributed by atoms with E-state index in [0.29, 0.717) is 6.54 Å². The summed E-state index contributed by atoms with van der Waals surface area (Å²) >= 11 is 1.75. The molecule has 2 rings (SSSR count). The van der Waals surface area contributed by atoms with Crippen molar-refractivity contribution in [2.75, 3.05) is 45.9 Å². The summed E-state index contributed by atoms with van der Waals surface area (Å²) in [4.78, 5) is 17.7. The van der Waals surface area contributed by atoms with Crippen LogP contribution in [0.5, 0.6) is 0 Å². The zero-order valence-electron chi connectivity index (χ0n) is 12.9. The molecule has 0 unspecified atom stereocenters. The summed E-state index contributed by atoms with van der Waals surface area (Å²) in [5, 5.41) is 5.17. The molecule has 2 heterocycles. The summed E-state index contributed by atoms with van der Waals surface area (Å²) in [6, 6.07) is 4.48. The molecular weight excluding hydrogens is 286 g/mol. The number of carbonyl (C=O) groups excluding carboxylic acids is 1. The minimum atomic E-state index is 0.0230. The van der Waals surface area contributed by atoms with Gasteiger partial charge in [0.1, 0.15) is 0 Å². The molecule has 118 valence electrons. The smallest absolute Gasteiger partial charge is 0.317 e. The Balaban J connectivity index is 1.98. The number of urea groups is 1. The maximum atomic E-state index is 12.1. The summed E-state index contributed by atoms with van der Waals surface area (Å²) in [5.74, 6) is 0. The summed E-state index contributed by atoms with van der Waals surface area (Å²) in [6.45, 7) is 9.51. The molecule has 1 saturated heterocycles. The van der Waals surface area contributed by atoms with Crippen LogP contribution in [-0.4, -0.2) is 61.8 Å². The molecule has 1 N–H and O–H groups in total. The minimum absolute atomic E-state index is 0.0230. The highest BCUT2D eigenvalue weighted by molar-refractivity contribution is 7.10. The number of thiophene rings is 1. The van der Waals surface area contributed by atoms with Gasteiger partial charge in [-0.3, -0.25) is 4.90 Å². The Morgan fingerprint density at radius 1 is 1.43 bits per heavy atom. The average Bonchev–Trinajstić information content (AvgIpc) is 3.04. The minimum Gasteiger partial charge on any atom is -0.379 e. The van der Waals surface area contributed by atoms with Crippen LogP contribution in [0, 0.1) is 0 Å². The van der Waals surface area contributed by atoms with Gasteiger partial charge in [-0.25, -0.2) is 4.79 Å². The van der Waals surface area contributed by atoms with Gasteiger partial charge in [0.15, 0.2) is 0 Å². The lowest BCUT2D eigenvalue weighted by molar-refractivity contribution is 0.0172. The van der Waals surface area contributed by atoms with Crippen LogP contribution >= 0.6 is 11.3 Å². The molecule has 0 aromatic carbocycles. The molecule has 1 aliphatic rings. The quantitative estimate of drug-likeness (QED) is 0.876. The van der Waals surface area contributed by atoms with E-state index in [1.165, 1.54) is 4.88 Å². The first kappa shape index (κ1) is 16.3. The highest BCUT2D eigenvalue weighted by Crippen LogP contribution is 2.25. The molecule has 0 bridgehead atoms. The lowest BCUT2D eigenvalue weighted by Crippen LogP contribution is -2.46. The maximum absolute atomic E-state index is 12.1. The van der Waals surface area contributed by atoms with E-state index in [-0.39, 0.29) is 12.1 Å². The van der Waals surface area contributed by atoms with Gasteiger partial charge in [0.2, 0.25) is 0 Å². The van der Waals surface area contributed by atoms with Gasteiger partial charge in [-0.2, -0.15) is 0 Å². The summed E-state index contributed by atoms with van der Waals surface area (Å²) in [5.41, 5.74) is 0. The normalized spacial score (nSPS) is 17.4. The SMILES string of the molecule is CCN(CC)C(=O)NC[C@@H](c1cccs1)N1CCOCC1. The van der Waals surface area contributed by atoms with Crippen LogP contribution in [-0.2, 0) is 4.74 Å². The van der Waals surface area contributed by atoms with Gasteiger partial charge in [0.05, 0.1) is 19.3 Å². The third kappa shape index (κ3) is 4.43. The van der Waals surface area contributed by atoms with Crippen LogP contribution in [0.25, 0.3) is 0 Å². The predicted octanol–water partition coefficient (Wildman–Crippen LogP) is 2.17. The molecule has 0 saturated carbocycles. The fraction of sp³-hybridized carbons (Fsp3) is 0.667. The first-order chi connectivity index (χ1) is 10.3. The molecule has 0 radical (unpaired) electrons. The van der Waals surface area contributed by atoms with Gasteiger partial charge in [0.25, 0.3) is 0 Å². The highest BCUT2D eigenvalue weighted by atomic mass is 32.1. The van der Waals surface area contributed by atoms with Crippen LogP contribution in [0.2, 0.25) is 0 Å². The Morgan fingerprint density at radius 3 is 2.71 bits per heavy atom. The lowest BCUT2D eigenvalue weighted by atomic mass is 10.2. The number of nitrogens with one attached hydrogen (secondary N) is 1. The van der Waals surface area contributed by atoms with Crippen molar-refractivity contribution in [1.29, 1.82) is 0 Å². The summed E-state index contributed by atoms with van der Waals surface area (Å²) in [7, 11) is 0. The average molecular weight is 311 g/mol. The van der Waals surface area contributed by atoms with Crippen molar-refractivity contribution >= 4 is 17.4 Å². The molecule has 1 atom stereocenters. The third-order valence-corrected chi connectivity index (χ3v) is 4.83. The summed E-state index contributed by atoms with van der Waals surface area (Å²) in [6.07, 6.45) is 0. The van der Waals surface area contributed by atoms with Crippen LogP contribution in [0.4, 0.5) is 4.79 Å². The van der Waals surface area contributed by atoms with Gasteiger partial charge >= 0.3 is 6.03 Å². The van der Waals surface area contributed by atoms with Crippen LogP contribution in [0.1, 0.15) is 24.8 Å². The van der Waals surface area contributed by atoms with Crippen molar-refractivity contribution in [3.8, 4) is 0 Å². The van der Waals surface area contributed by atoms with E-state index in [1.807, 2.05) is 18.7 Å². The molecule has 0 aliphatic carbocycles. The van der Waals surface area contributed by atoms with Crippen molar-refractivity contribution in [2.45, 2.75) is 19.9 Å². The molecule has 6 heteroatoms. The Bertz CT molecular complexity index is 415. The van der Waals surface area contributed by atoms with Gasteiger partial charge in [-0.05, 0) is 25.3 Å². The monoisotopic (exact) mass is 311 g/mol. The van der Waals surface area contributed by atoms with E-state index in [0.717, 1.165) is 39.4 Å². The Labute approximate surface area is 130 Å². The third-order valence-electron chi connectivity index (χ3n) is 3.86. The number of morpholine rings is 1. The van der Waals surface area contributed by atoms with E-state index in [1.54, 1.807) is 11.3 Å². The van der Waals surface area contributed by atoms with Gasteiger partial charge < -0.3 is 15.0 Å². The predicted molar refractivity (Wildman–Crippen MR) is 85.8 cm³/mol. The molecule has 2 amide bonds. The number of hydrogen-bond donors (Lipinski definition) is 1. The zero-order valence-corrected chi connectivity index (χ0v) is 13.7. The molecule has 0 spiro atoms.